The predicted octanol–water partition coefficient (Wildman–Crippen LogP) is 0.306. The Morgan fingerprint density at radius 1 is 1.22 bits per heavy atom. The molecule has 0 atom stereocenters. The second-order valence-corrected chi connectivity index (χ2v) is 4.61. The fraction of sp³-hybridized carbons (Fsp3) is 0.143. The van der Waals surface area contributed by atoms with Crippen LogP contribution in [-0.2, 0) is 9.53 Å². The number of aromatic nitrogens is 2. The first-order valence-corrected chi connectivity index (χ1v) is 6.42. The van der Waals surface area contributed by atoms with Crippen LogP contribution in [0.25, 0.3) is 0 Å². The first-order valence-electron chi connectivity index (χ1n) is 6.42. The van der Waals surface area contributed by atoms with E-state index in [1.165, 1.54) is 12.1 Å². The van der Waals surface area contributed by atoms with Gasteiger partial charge in [0, 0.05) is 6.07 Å². The Morgan fingerprint density at radius 3 is 2.61 bits per heavy atom. The Hall–Kier alpha value is -3.23. The molecule has 0 unspecified atom stereocenters. The SMILES string of the molecule is Cc1ccc(NC(=O)COC(=O)c2cc(=O)[nH]c(=O)[nH]2)c(F)c1. The third kappa shape index (κ3) is 4.37. The summed E-state index contributed by atoms with van der Waals surface area (Å²) in [5.74, 6) is -2.45. The van der Waals surface area contributed by atoms with Gasteiger partial charge < -0.3 is 15.0 Å². The lowest BCUT2D eigenvalue weighted by atomic mass is 10.2. The van der Waals surface area contributed by atoms with Crippen LogP contribution in [0.5, 0.6) is 0 Å². The number of amides is 1. The average molecular weight is 321 g/mol. The molecule has 0 aliphatic heterocycles. The lowest BCUT2D eigenvalue weighted by Gasteiger charge is -2.07. The third-order valence-corrected chi connectivity index (χ3v) is 2.71. The molecule has 0 spiro atoms. The van der Waals surface area contributed by atoms with E-state index in [2.05, 4.69) is 15.0 Å². The van der Waals surface area contributed by atoms with Gasteiger partial charge in [-0.15, -0.1) is 0 Å². The summed E-state index contributed by atoms with van der Waals surface area (Å²) in [5.41, 5.74) is -1.43. The molecule has 0 radical (unpaired) electrons. The van der Waals surface area contributed by atoms with E-state index in [1.54, 1.807) is 13.0 Å². The molecule has 23 heavy (non-hydrogen) atoms. The number of aryl methyl sites for hydroxylation is 1. The molecule has 1 heterocycles. The van der Waals surface area contributed by atoms with Gasteiger partial charge in [0.05, 0.1) is 5.69 Å². The molecule has 0 fully saturated rings. The number of halogens is 1. The Kier molecular flexibility index (Phi) is 4.69. The predicted molar refractivity (Wildman–Crippen MR) is 77.7 cm³/mol. The normalized spacial score (nSPS) is 10.2. The smallest absolute Gasteiger partial charge is 0.355 e. The van der Waals surface area contributed by atoms with E-state index < -0.39 is 41.2 Å². The molecule has 8 nitrogen and oxygen atoms in total. The highest BCUT2D eigenvalue weighted by molar-refractivity contribution is 5.94. The van der Waals surface area contributed by atoms with E-state index >= 15 is 0 Å². The molecule has 3 N–H and O–H groups in total. The number of nitrogens with one attached hydrogen (secondary N) is 3. The van der Waals surface area contributed by atoms with Gasteiger partial charge in [0.2, 0.25) is 0 Å². The van der Waals surface area contributed by atoms with Crippen molar-refractivity contribution in [2.45, 2.75) is 6.92 Å². The maximum Gasteiger partial charge on any atom is 0.355 e. The molecule has 0 saturated carbocycles. The summed E-state index contributed by atoms with van der Waals surface area (Å²) >= 11 is 0. The summed E-state index contributed by atoms with van der Waals surface area (Å²) in [4.78, 5) is 49.3. The first-order chi connectivity index (χ1) is 10.8. The number of hydrogen-bond acceptors (Lipinski definition) is 5. The number of H-pyrrole nitrogens is 2. The molecule has 0 aliphatic rings. The van der Waals surface area contributed by atoms with Gasteiger partial charge in [-0.1, -0.05) is 6.07 Å². The number of benzene rings is 1. The van der Waals surface area contributed by atoms with Crippen molar-refractivity contribution in [2.75, 3.05) is 11.9 Å². The molecule has 0 aliphatic carbocycles. The van der Waals surface area contributed by atoms with Gasteiger partial charge in [0.1, 0.15) is 11.5 Å². The van der Waals surface area contributed by atoms with Crippen LogP contribution >= 0.6 is 0 Å². The highest BCUT2D eigenvalue weighted by Crippen LogP contribution is 2.14. The molecule has 2 rings (SSSR count). The van der Waals surface area contributed by atoms with Crippen LogP contribution < -0.4 is 16.6 Å². The van der Waals surface area contributed by atoms with E-state index in [1.807, 2.05) is 4.98 Å². The van der Waals surface area contributed by atoms with Crippen molar-refractivity contribution in [3.63, 3.8) is 0 Å². The molecular weight excluding hydrogens is 309 g/mol. The molecule has 0 bridgehead atoms. The number of ether oxygens (including phenoxy) is 1. The minimum Gasteiger partial charge on any atom is -0.451 e. The van der Waals surface area contributed by atoms with Crippen LogP contribution in [0.2, 0.25) is 0 Å². The Morgan fingerprint density at radius 2 is 1.96 bits per heavy atom. The average Bonchev–Trinajstić information content (AvgIpc) is 2.46. The molecule has 9 heteroatoms. The lowest BCUT2D eigenvalue weighted by molar-refractivity contribution is -0.119. The van der Waals surface area contributed by atoms with E-state index in [9.17, 15) is 23.6 Å². The summed E-state index contributed by atoms with van der Waals surface area (Å²) in [7, 11) is 0. The van der Waals surface area contributed by atoms with E-state index in [0.29, 0.717) is 5.56 Å². The van der Waals surface area contributed by atoms with Gasteiger partial charge in [0.25, 0.3) is 11.5 Å². The highest BCUT2D eigenvalue weighted by atomic mass is 19.1. The summed E-state index contributed by atoms with van der Waals surface area (Å²) in [6, 6.07) is 5.04. The maximum absolute atomic E-state index is 13.6. The van der Waals surface area contributed by atoms with Crippen LogP contribution in [0.4, 0.5) is 10.1 Å². The fourth-order valence-corrected chi connectivity index (χ4v) is 1.70. The minimum absolute atomic E-state index is 0.0544. The van der Waals surface area contributed by atoms with Crippen LogP contribution in [0.1, 0.15) is 16.1 Å². The topological polar surface area (TPSA) is 121 Å². The second-order valence-electron chi connectivity index (χ2n) is 4.61. The zero-order valence-electron chi connectivity index (χ0n) is 11.9. The van der Waals surface area contributed by atoms with Crippen molar-refractivity contribution in [1.29, 1.82) is 0 Å². The van der Waals surface area contributed by atoms with Gasteiger partial charge in [-0.3, -0.25) is 14.6 Å². The molecule has 120 valence electrons. The first kappa shape index (κ1) is 16.1. The zero-order valence-corrected chi connectivity index (χ0v) is 11.9. The summed E-state index contributed by atoms with van der Waals surface area (Å²) in [6.45, 7) is 0.986. The standard InChI is InChI=1S/C14H12FN3O5/c1-7-2-3-9(8(15)4-7)16-12(20)6-23-13(21)10-5-11(19)18-14(22)17-10/h2-5H,6H2,1H3,(H,16,20)(H2,17,18,19,22). The fourth-order valence-electron chi connectivity index (χ4n) is 1.70. The molecule has 2 aromatic rings. The number of anilines is 1. The van der Waals surface area contributed by atoms with E-state index in [4.69, 9.17) is 0 Å². The lowest BCUT2D eigenvalue weighted by Crippen LogP contribution is -2.27. The van der Waals surface area contributed by atoms with E-state index in [0.717, 1.165) is 6.07 Å². The number of esters is 1. The van der Waals surface area contributed by atoms with Gasteiger partial charge in [-0.2, -0.15) is 0 Å². The van der Waals surface area contributed by atoms with Gasteiger partial charge in [-0.05, 0) is 24.6 Å². The minimum atomic E-state index is -1.06. The quantitative estimate of drug-likeness (QED) is 0.700. The number of aromatic amines is 2. The van der Waals surface area contributed by atoms with Crippen LogP contribution in [0.15, 0.2) is 33.9 Å². The number of carbonyl (C=O) groups excluding carboxylic acids is 2. The number of carbonyl (C=O) groups is 2. The monoisotopic (exact) mass is 321 g/mol. The molecule has 1 aromatic heterocycles. The largest absolute Gasteiger partial charge is 0.451 e. The molecule has 1 aromatic carbocycles. The molecule has 1 amide bonds. The van der Waals surface area contributed by atoms with Crippen molar-refractivity contribution in [1.82, 2.24) is 9.97 Å². The maximum atomic E-state index is 13.6. The van der Waals surface area contributed by atoms with Crippen molar-refractivity contribution in [3.05, 3.63) is 62.2 Å². The number of rotatable bonds is 4. The highest BCUT2D eigenvalue weighted by Gasteiger charge is 2.13. The summed E-state index contributed by atoms with van der Waals surface area (Å²) in [6.07, 6.45) is 0. The van der Waals surface area contributed by atoms with Gasteiger partial charge in [0.15, 0.2) is 6.61 Å². The number of hydrogen-bond donors (Lipinski definition) is 3. The summed E-state index contributed by atoms with van der Waals surface area (Å²) in [5, 5.41) is 2.24. The van der Waals surface area contributed by atoms with Crippen molar-refractivity contribution < 1.29 is 18.7 Å². The van der Waals surface area contributed by atoms with Crippen LogP contribution in [0.3, 0.4) is 0 Å². The van der Waals surface area contributed by atoms with E-state index in [-0.39, 0.29) is 5.69 Å². The Bertz CT molecular complexity index is 843. The molecule has 0 saturated heterocycles. The van der Waals surface area contributed by atoms with Gasteiger partial charge in [-0.25, -0.2) is 14.0 Å². The second kappa shape index (κ2) is 6.69. The third-order valence-electron chi connectivity index (χ3n) is 2.71. The Labute approximate surface area is 128 Å². The Balaban J connectivity index is 1.97. The van der Waals surface area contributed by atoms with Crippen LogP contribution in [-0.4, -0.2) is 28.5 Å². The summed E-state index contributed by atoms with van der Waals surface area (Å²) < 4.78 is 18.2. The zero-order chi connectivity index (χ0) is 17.0. The van der Waals surface area contributed by atoms with Gasteiger partial charge >= 0.3 is 11.7 Å². The van der Waals surface area contributed by atoms with Crippen molar-refractivity contribution >= 4 is 17.6 Å². The van der Waals surface area contributed by atoms with Crippen molar-refractivity contribution in [2.24, 2.45) is 0 Å². The molecular formula is C14H12FN3O5. The van der Waals surface area contributed by atoms with Crippen LogP contribution in [0, 0.1) is 12.7 Å². The van der Waals surface area contributed by atoms with Crippen molar-refractivity contribution in [3.8, 4) is 0 Å².